The van der Waals surface area contributed by atoms with Crippen molar-refractivity contribution in [2.24, 2.45) is 0 Å². The van der Waals surface area contributed by atoms with Crippen molar-refractivity contribution in [2.75, 3.05) is 13.1 Å². The predicted octanol–water partition coefficient (Wildman–Crippen LogP) is 3.32. The van der Waals surface area contributed by atoms with E-state index in [0.717, 1.165) is 6.07 Å². The second-order valence-electron chi connectivity index (χ2n) is 5.98. The molecule has 122 valence electrons. The molecule has 2 N–H and O–H groups in total. The molecule has 0 aliphatic heterocycles. The monoisotopic (exact) mass is 310 g/mol. The highest BCUT2D eigenvalue weighted by molar-refractivity contribution is 5.94. The molecule has 0 bridgehead atoms. The number of amides is 1. The summed E-state index contributed by atoms with van der Waals surface area (Å²) in [7, 11) is 0. The maximum absolute atomic E-state index is 13.6. The standard InChI is InChI=1S/C17H24F2N2O/c1-12-10-14(16(19)11-15(12)18)17(22)21-9-8-20-13-6-4-2-3-5-7-13/h10-11,13,20H,2-9H2,1H3,(H,21,22). The number of hydrogen-bond donors (Lipinski definition) is 2. The average molecular weight is 310 g/mol. The van der Waals surface area contributed by atoms with Crippen LogP contribution >= 0.6 is 0 Å². The molecule has 0 spiro atoms. The van der Waals surface area contributed by atoms with Gasteiger partial charge in [-0.3, -0.25) is 4.79 Å². The molecule has 1 fully saturated rings. The molecule has 3 nitrogen and oxygen atoms in total. The van der Waals surface area contributed by atoms with Crippen LogP contribution in [-0.2, 0) is 0 Å². The second kappa shape index (κ2) is 8.22. The topological polar surface area (TPSA) is 41.1 Å². The summed E-state index contributed by atoms with van der Waals surface area (Å²) in [5.41, 5.74) is 0.163. The maximum atomic E-state index is 13.6. The molecule has 22 heavy (non-hydrogen) atoms. The SMILES string of the molecule is Cc1cc(C(=O)NCCNC2CCCCCC2)c(F)cc1F. The first-order valence-electron chi connectivity index (χ1n) is 8.05. The minimum Gasteiger partial charge on any atom is -0.351 e. The Bertz CT molecular complexity index is 512. The van der Waals surface area contributed by atoms with E-state index in [1.165, 1.54) is 51.5 Å². The van der Waals surface area contributed by atoms with Gasteiger partial charge in [-0.25, -0.2) is 8.78 Å². The van der Waals surface area contributed by atoms with Gasteiger partial charge in [0.2, 0.25) is 0 Å². The van der Waals surface area contributed by atoms with Crippen molar-refractivity contribution in [3.8, 4) is 0 Å². The molecule has 0 atom stereocenters. The van der Waals surface area contributed by atoms with Crippen LogP contribution in [0.15, 0.2) is 12.1 Å². The molecule has 0 aromatic heterocycles. The van der Waals surface area contributed by atoms with Crippen LogP contribution in [0.25, 0.3) is 0 Å². The third-order valence-corrected chi connectivity index (χ3v) is 4.19. The molecule has 5 heteroatoms. The summed E-state index contributed by atoms with van der Waals surface area (Å²) < 4.78 is 26.8. The van der Waals surface area contributed by atoms with Crippen LogP contribution < -0.4 is 10.6 Å². The van der Waals surface area contributed by atoms with Crippen molar-refractivity contribution in [3.63, 3.8) is 0 Å². The first-order valence-corrected chi connectivity index (χ1v) is 8.05. The van der Waals surface area contributed by atoms with E-state index in [0.29, 0.717) is 19.1 Å². The quantitative estimate of drug-likeness (QED) is 0.647. The molecule has 1 aromatic carbocycles. The minimum absolute atomic E-state index is 0.103. The molecule has 1 saturated carbocycles. The van der Waals surface area contributed by atoms with Crippen molar-refractivity contribution in [2.45, 2.75) is 51.5 Å². The number of carbonyl (C=O) groups is 1. The molecule has 0 radical (unpaired) electrons. The van der Waals surface area contributed by atoms with E-state index >= 15 is 0 Å². The fourth-order valence-corrected chi connectivity index (χ4v) is 2.86. The molecular formula is C17H24F2N2O. The Morgan fingerprint density at radius 3 is 2.45 bits per heavy atom. The zero-order chi connectivity index (χ0) is 15.9. The number of aryl methyl sites for hydroxylation is 1. The van der Waals surface area contributed by atoms with Gasteiger partial charge >= 0.3 is 0 Å². The average Bonchev–Trinajstić information content (AvgIpc) is 2.76. The first-order chi connectivity index (χ1) is 10.6. The largest absolute Gasteiger partial charge is 0.351 e. The Balaban J connectivity index is 1.77. The lowest BCUT2D eigenvalue weighted by Gasteiger charge is -2.16. The van der Waals surface area contributed by atoms with Crippen LogP contribution in [0.5, 0.6) is 0 Å². The zero-order valence-corrected chi connectivity index (χ0v) is 13.1. The van der Waals surface area contributed by atoms with Gasteiger partial charge in [0, 0.05) is 25.2 Å². The number of rotatable bonds is 5. The number of hydrogen-bond acceptors (Lipinski definition) is 2. The van der Waals surface area contributed by atoms with Gasteiger partial charge in [-0.15, -0.1) is 0 Å². The van der Waals surface area contributed by atoms with Gasteiger partial charge < -0.3 is 10.6 Å². The molecule has 1 aliphatic rings. The van der Waals surface area contributed by atoms with Crippen molar-refractivity contribution >= 4 is 5.91 Å². The van der Waals surface area contributed by atoms with Crippen molar-refractivity contribution in [3.05, 3.63) is 34.9 Å². The van der Waals surface area contributed by atoms with Crippen LogP contribution in [0.3, 0.4) is 0 Å². The van der Waals surface area contributed by atoms with Crippen molar-refractivity contribution in [1.82, 2.24) is 10.6 Å². The Morgan fingerprint density at radius 1 is 1.09 bits per heavy atom. The Morgan fingerprint density at radius 2 is 1.77 bits per heavy atom. The summed E-state index contributed by atoms with van der Waals surface area (Å²) in [6.45, 7) is 2.61. The second-order valence-corrected chi connectivity index (χ2v) is 5.98. The van der Waals surface area contributed by atoms with Crippen LogP contribution in [-0.4, -0.2) is 25.0 Å². The Labute approximate surface area is 130 Å². The smallest absolute Gasteiger partial charge is 0.254 e. The molecule has 0 saturated heterocycles. The highest BCUT2D eigenvalue weighted by atomic mass is 19.1. The fourth-order valence-electron chi connectivity index (χ4n) is 2.86. The fraction of sp³-hybridized carbons (Fsp3) is 0.588. The molecular weight excluding hydrogens is 286 g/mol. The third-order valence-electron chi connectivity index (χ3n) is 4.19. The van der Waals surface area contributed by atoms with Crippen LogP contribution in [0.4, 0.5) is 8.78 Å². The number of benzene rings is 1. The number of halogens is 2. The molecule has 0 unspecified atom stereocenters. The highest BCUT2D eigenvalue weighted by Crippen LogP contribution is 2.17. The summed E-state index contributed by atoms with van der Waals surface area (Å²) in [4.78, 5) is 11.9. The van der Waals surface area contributed by atoms with E-state index in [1.807, 2.05) is 0 Å². The van der Waals surface area contributed by atoms with Crippen molar-refractivity contribution in [1.29, 1.82) is 0 Å². The Kier molecular flexibility index (Phi) is 6.31. The summed E-state index contributed by atoms with van der Waals surface area (Å²) in [5.74, 6) is -1.95. The van der Waals surface area contributed by atoms with E-state index in [1.54, 1.807) is 0 Å². The normalized spacial score (nSPS) is 16.3. The lowest BCUT2D eigenvalue weighted by molar-refractivity contribution is 0.0949. The summed E-state index contributed by atoms with van der Waals surface area (Å²) in [6.07, 6.45) is 7.48. The molecule has 1 aromatic rings. The third kappa shape index (κ3) is 4.77. The lowest BCUT2D eigenvalue weighted by Crippen LogP contribution is -2.37. The van der Waals surface area contributed by atoms with E-state index < -0.39 is 17.5 Å². The first kappa shape index (κ1) is 16.9. The summed E-state index contributed by atoms with van der Waals surface area (Å²) >= 11 is 0. The molecule has 1 aliphatic carbocycles. The van der Waals surface area contributed by atoms with Gasteiger partial charge in [-0.05, 0) is 31.4 Å². The molecule has 1 amide bonds. The van der Waals surface area contributed by atoms with Gasteiger partial charge in [-0.2, -0.15) is 0 Å². The minimum atomic E-state index is -0.822. The maximum Gasteiger partial charge on any atom is 0.254 e. The van der Waals surface area contributed by atoms with Gasteiger partial charge in [-0.1, -0.05) is 25.7 Å². The van der Waals surface area contributed by atoms with Crippen molar-refractivity contribution < 1.29 is 13.6 Å². The number of carbonyl (C=O) groups excluding carboxylic acids is 1. The van der Waals surface area contributed by atoms with E-state index in [-0.39, 0.29) is 11.1 Å². The Hall–Kier alpha value is -1.49. The van der Waals surface area contributed by atoms with Gasteiger partial charge in [0.25, 0.3) is 5.91 Å². The van der Waals surface area contributed by atoms with Gasteiger partial charge in [0.05, 0.1) is 5.56 Å². The summed E-state index contributed by atoms with van der Waals surface area (Å²) in [5, 5.41) is 6.11. The summed E-state index contributed by atoms with van der Waals surface area (Å²) in [6, 6.07) is 2.52. The van der Waals surface area contributed by atoms with Crippen LogP contribution in [0.2, 0.25) is 0 Å². The lowest BCUT2D eigenvalue weighted by atomic mass is 10.1. The van der Waals surface area contributed by atoms with E-state index in [9.17, 15) is 13.6 Å². The highest BCUT2D eigenvalue weighted by Gasteiger charge is 2.15. The van der Waals surface area contributed by atoms with Gasteiger partial charge in [0.15, 0.2) is 0 Å². The number of nitrogens with one attached hydrogen (secondary N) is 2. The predicted molar refractivity (Wildman–Crippen MR) is 82.9 cm³/mol. The van der Waals surface area contributed by atoms with Crippen LogP contribution in [0.1, 0.15) is 54.4 Å². The van der Waals surface area contributed by atoms with E-state index in [4.69, 9.17) is 0 Å². The van der Waals surface area contributed by atoms with Crippen LogP contribution in [0, 0.1) is 18.6 Å². The van der Waals surface area contributed by atoms with Gasteiger partial charge in [0.1, 0.15) is 11.6 Å². The molecule has 0 heterocycles. The van der Waals surface area contributed by atoms with E-state index in [2.05, 4.69) is 10.6 Å². The zero-order valence-electron chi connectivity index (χ0n) is 13.1. The molecule has 2 rings (SSSR count).